The average Bonchev–Trinajstić information content (AvgIpc) is 3.54. The van der Waals surface area contributed by atoms with Crippen molar-refractivity contribution in [2.45, 2.75) is 95.2 Å². The Bertz CT molecular complexity index is 1410. The van der Waals surface area contributed by atoms with Gasteiger partial charge in [0.15, 0.2) is 5.78 Å². The molecule has 0 radical (unpaired) electrons. The summed E-state index contributed by atoms with van der Waals surface area (Å²) in [7, 11) is -3.58. The van der Waals surface area contributed by atoms with E-state index < -0.39 is 45.6 Å². The van der Waals surface area contributed by atoms with Crippen LogP contribution in [0.4, 0.5) is 10.5 Å². The van der Waals surface area contributed by atoms with Gasteiger partial charge in [-0.2, -0.15) is 0 Å². The maximum Gasteiger partial charge on any atom is 0.415 e. The van der Waals surface area contributed by atoms with Gasteiger partial charge in [0.1, 0.15) is 28.9 Å². The normalized spacial score (nSPS) is 30.9. The summed E-state index contributed by atoms with van der Waals surface area (Å²) < 4.78 is 19.4. The standard InChI is InChI=1S/C32H41NO5Si2/c1-22-20-27(34)24-14-12-10-11-13-15-28-31(22)32(24,38-31)25-21-23(37-40(8,9)30(2,3)4)16-17-26(25)33(28)29(35)36-18-19-39(5,6)7/h10-11,16-17,21-22,24,28H,18-20H2,1-9H3/b11-10-/t22-,24+,28-,31-,32+/m0/s1. The molecular weight excluding hydrogens is 535 g/mol. The van der Waals surface area contributed by atoms with Crippen molar-refractivity contribution in [3.8, 4) is 29.4 Å². The number of ketones is 1. The largest absolute Gasteiger partial charge is 0.543 e. The van der Waals surface area contributed by atoms with E-state index in [1.165, 1.54) is 0 Å². The lowest BCUT2D eigenvalue weighted by Gasteiger charge is -2.45. The van der Waals surface area contributed by atoms with E-state index in [1.807, 2.05) is 25.1 Å². The number of Topliss-reactive ketones (excluding diaryl/α,β-unsaturated/α-hetero) is 1. The third-order valence-corrected chi connectivity index (χ3v) is 15.3. The molecule has 0 spiro atoms. The molecule has 1 aromatic carbocycles. The van der Waals surface area contributed by atoms with E-state index in [0.717, 1.165) is 11.6 Å². The SMILES string of the molecule is C[C@H]1CC(=O)[C@H]2C#C/C=C\C#C[C@@H]3N(C(=O)OCC[Si](C)(C)C)c4ccc(O[Si](C)(C)C(C)(C)C)cc4[C@]24O[C@]314. The third-order valence-electron chi connectivity index (χ3n) is 9.28. The van der Waals surface area contributed by atoms with Gasteiger partial charge < -0.3 is 13.9 Å². The molecule has 1 saturated heterocycles. The Morgan fingerprint density at radius 1 is 1.12 bits per heavy atom. The maximum absolute atomic E-state index is 13.9. The Kier molecular flexibility index (Phi) is 6.73. The van der Waals surface area contributed by atoms with Crippen molar-refractivity contribution >= 4 is 34.0 Å². The number of nitrogens with zero attached hydrogens (tertiary/aromatic N) is 1. The van der Waals surface area contributed by atoms with Crippen LogP contribution >= 0.6 is 0 Å². The Morgan fingerprint density at radius 2 is 1.80 bits per heavy atom. The molecule has 2 aliphatic heterocycles. The monoisotopic (exact) mass is 575 g/mol. The lowest BCUT2D eigenvalue weighted by molar-refractivity contribution is -0.125. The number of epoxide rings is 1. The second-order valence-corrected chi connectivity index (χ2v) is 24.6. The molecule has 2 heterocycles. The molecule has 0 aromatic heterocycles. The summed E-state index contributed by atoms with van der Waals surface area (Å²) in [6.45, 7) is 20.2. The topological polar surface area (TPSA) is 68.4 Å². The van der Waals surface area contributed by atoms with Crippen LogP contribution in [-0.4, -0.2) is 46.5 Å². The van der Waals surface area contributed by atoms with Crippen LogP contribution in [0.15, 0.2) is 30.4 Å². The van der Waals surface area contributed by atoms with E-state index in [-0.39, 0.29) is 16.7 Å². The first kappa shape index (κ1) is 28.7. The fraction of sp³-hybridized carbons (Fsp3) is 0.562. The molecule has 2 aliphatic carbocycles. The predicted octanol–water partition coefficient (Wildman–Crippen LogP) is 6.50. The minimum atomic E-state index is -2.17. The summed E-state index contributed by atoms with van der Waals surface area (Å²) in [6, 6.07) is 6.04. The number of allylic oxidation sites excluding steroid dienone is 2. The zero-order chi connectivity index (χ0) is 29.3. The summed E-state index contributed by atoms with van der Waals surface area (Å²) in [5.41, 5.74) is -0.478. The van der Waals surface area contributed by atoms with Gasteiger partial charge in [0.05, 0.1) is 12.3 Å². The number of hydrogen-bond acceptors (Lipinski definition) is 5. The van der Waals surface area contributed by atoms with Gasteiger partial charge in [-0.05, 0) is 60.4 Å². The fourth-order valence-electron chi connectivity index (χ4n) is 6.02. The summed E-state index contributed by atoms with van der Waals surface area (Å²) in [6.07, 6.45) is 3.21. The number of benzene rings is 1. The lowest BCUT2D eigenvalue weighted by Crippen LogP contribution is -2.61. The number of ether oxygens (including phenoxy) is 2. The molecule has 40 heavy (non-hydrogen) atoms. The third kappa shape index (κ3) is 4.36. The highest BCUT2D eigenvalue weighted by Gasteiger charge is 2.85. The highest BCUT2D eigenvalue weighted by atomic mass is 28.4. The number of rotatable bonds is 5. The van der Waals surface area contributed by atoms with Crippen molar-refractivity contribution in [3.63, 3.8) is 0 Å². The highest BCUT2D eigenvalue weighted by molar-refractivity contribution is 6.76. The van der Waals surface area contributed by atoms with Crippen LogP contribution in [0, 0.1) is 35.5 Å². The molecule has 4 aliphatic rings. The summed E-state index contributed by atoms with van der Waals surface area (Å²) >= 11 is 0. The molecule has 212 valence electrons. The Balaban J connectivity index is 1.69. The molecule has 2 fully saturated rings. The van der Waals surface area contributed by atoms with Gasteiger partial charge in [0.25, 0.3) is 0 Å². The average molecular weight is 576 g/mol. The summed E-state index contributed by atoms with van der Waals surface area (Å²) in [5, 5.41) is 0.000583. The van der Waals surface area contributed by atoms with Gasteiger partial charge in [-0.25, -0.2) is 4.79 Å². The van der Waals surface area contributed by atoms with Crippen LogP contribution in [0.2, 0.25) is 43.8 Å². The number of amides is 1. The molecule has 1 aromatic rings. The molecule has 1 saturated carbocycles. The number of anilines is 1. The van der Waals surface area contributed by atoms with Crippen LogP contribution in [-0.2, 0) is 19.9 Å². The molecule has 6 nitrogen and oxygen atoms in total. The van der Waals surface area contributed by atoms with Gasteiger partial charge in [-0.3, -0.25) is 9.69 Å². The Labute approximate surface area is 241 Å². The van der Waals surface area contributed by atoms with Gasteiger partial charge in [-0.1, -0.05) is 71.0 Å². The van der Waals surface area contributed by atoms with Crippen molar-refractivity contribution in [1.82, 2.24) is 0 Å². The van der Waals surface area contributed by atoms with Crippen LogP contribution in [0.3, 0.4) is 0 Å². The van der Waals surface area contributed by atoms with Crippen molar-refractivity contribution < 1.29 is 23.5 Å². The lowest BCUT2D eigenvalue weighted by atomic mass is 9.59. The van der Waals surface area contributed by atoms with Gasteiger partial charge in [0, 0.05) is 20.1 Å². The predicted molar refractivity (Wildman–Crippen MR) is 162 cm³/mol. The molecule has 5 atom stereocenters. The zero-order valence-corrected chi connectivity index (χ0v) is 27.2. The van der Waals surface area contributed by atoms with Gasteiger partial charge in [0.2, 0.25) is 8.32 Å². The van der Waals surface area contributed by atoms with E-state index in [4.69, 9.17) is 13.9 Å². The van der Waals surface area contributed by atoms with Crippen LogP contribution < -0.4 is 9.33 Å². The number of fused-ring (bicyclic) bond motifs is 1. The van der Waals surface area contributed by atoms with Crippen molar-refractivity contribution in [1.29, 1.82) is 0 Å². The minimum absolute atomic E-state index is 0.000583. The zero-order valence-electron chi connectivity index (χ0n) is 25.2. The quantitative estimate of drug-likeness (QED) is 0.228. The second kappa shape index (κ2) is 9.37. The van der Waals surface area contributed by atoms with Crippen molar-refractivity contribution in [2.75, 3.05) is 11.5 Å². The summed E-state index contributed by atoms with van der Waals surface area (Å²) in [5.74, 6) is 12.6. The number of carbonyl (C=O) groups is 2. The Hall–Kier alpha value is -2.79. The Morgan fingerprint density at radius 3 is 2.45 bits per heavy atom. The van der Waals surface area contributed by atoms with Crippen molar-refractivity contribution in [2.24, 2.45) is 11.8 Å². The smallest absolute Gasteiger partial charge is 0.415 e. The van der Waals surface area contributed by atoms with E-state index in [0.29, 0.717) is 24.5 Å². The van der Waals surface area contributed by atoms with Crippen LogP contribution in [0.1, 0.15) is 39.7 Å². The first-order chi connectivity index (χ1) is 18.6. The molecule has 5 rings (SSSR count). The van der Waals surface area contributed by atoms with Crippen LogP contribution in [0.5, 0.6) is 5.75 Å². The molecule has 1 amide bonds. The number of carbonyl (C=O) groups excluding carboxylic acids is 2. The van der Waals surface area contributed by atoms with Crippen LogP contribution in [0.25, 0.3) is 0 Å². The maximum atomic E-state index is 13.9. The van der Waals surface area contributed by atoms with E-state index >= 15 is 0 Å². The molecule has 8 heteroatoms. The molecule has 0 unspecified atom stereocenters. The van der Waals surface area contributed by atoms with E-state index in [9.17, 15) is 9.59 Å². The molecular formula is C32H41NO5Si2. The van der Waals surface area contributed by atoms with E-state index in [2.05, 4.69) is 77.2 Å². The highest BCUT2D eigenvalue weighted by Crippen LogP contribution is 2.73. The first-order valence-corrected chi connectivity index (χ1v) is 20.9. The summed E-state index contributed by atoms with van der Waals surface area (Å²) in [4.78, 5) is 29.1. The number of hydrogen-bond donors (Lipinski definition) is 0. The molecule has 0 N–H and O–H groups in total. The molecule has 4 bridgehead atoms. The van der Waals surface area contributed by atoms with E-state index in [1.54, 1.807) is 17.1 Å². The first-order valence-electron chi connectivity index (χ1n) is 14.2. The second-order valence-electron chi connectivity index (χ2n) is 14.3. The van der Waals surface area contributed by atoms with Gasteiger partial charge in [-0.15, -0.1) is 0 Å². The van der Waals surface area contributed by atoms with Gasteiger partial charge >= 0.3 is 6.09 Å². The minimum Gasteiger partial charge on any atom is -0.543 e. The fourth-order valence-corrected chi connectivity index (χ4v) is 7.75. The van der Waals surface area contributed by atoms with Crippen molar-refractivity contribution in [3.05, 3.63) is 35.9 Å².